The summed E-state index contributed by atoms with van der Waals surface area (Å²) in [4.78, 5) is 0. The van der Waals surface area contributed by atoms with Gasteiger partial charge in [0.05, 0.1) is 0 Å². The molecule has 0 amide bonds. The minimum absolute atomic E-state index is 0.269. The summed E-state index contributed by atoms with van der Waals surface area (Å²) in [6.07, 6.45) is -5.10. The molecule has 0 heterocycles. The van der Waals surface area contributed by atoms with E-state index in [0.29, 0.717) is 0 Å². The van der Waals surface area contributed by atoms with E-state index in [-0.39, 0.29) is 12.8 Å². The summed E-state index contributed by atoms with van der Waals surface area (Å²) in [5.41, 5.74) is 0. The molecule has 0 saturated heterocycles. The van der Waals surface area contributed by atoms with Crippen molar-refractivity contribution in [2.75, 3.05) is 0 Å². The predicted molar refractivity (Wildman–Crippen MR) is 28.3 cm³/mol. The first-order valence-electron chi connectivity index (χ1n) is 2.61. The summed E-state index contributed by atoms with van der Waals surface area (Å²) in [5.74, 6) is 0. The van der Waals surface area contributed by atoms with Gasteiger partial charge in [0.25, 0.3) is 0 Å². The standard InChI is InChI=1S/C4H5F3O2S/c5-4(6,7)3(1-2-3)10(8)9/h10H,1-2H2. The number of hydrogen-bond donors (Lipinski definition) is 1. The third kappa shape index (κ3) is 0.902. The fourth-order valence-electron chi connectivity index (χ4n) is 0.688. The molecule has 0 unspecified atom stereocenters. The Bertz CT molecular complexity index is 205. The molecule has 0 aromatic rings. The van der Waals surface area contributed by atoms with E-state index < -0.39 is 21.6 Å². The monoisotopic (exact) mass is 174 g/mol. The largest absolute Gasteiger partial charge is 0.407 e. The Morgan fingerprint density at radius 1 is 1.20 bits per heavy atom. The van der Waals surface area contributed by atoms with Gasteiger partial charge in [-0.1, -0.05) is 0 Å². The average Bonchev–Trinajstić information content (AvgIpc) is 2.36. The Kier molecular flexibility index (Phi) is 1.47. The maximum atomic E-state index is 11.8. The summed E-state index contributed by atoms with van der Waals surface area (Å²) < 4.78 is 53.0. The molecule has 1 aliphatic carbocycles. The Morgan fingerprint density at radius 2 is 1.60 bits per heavy atom. The van der Waals surface area contributed by atoms with E-state index in [2.05, 4.69) is 0 Å². The van der Waals surface area contributed by atoms with Crippen LogP contribution in [0.2, 0.25) is 0 Å². The highest BCUT2D eigenvalue weighted by Gasteiger charge is 2.66. The van der Waals surface area contributed by atoms with Crippen LogP contribution in [-0.2, 0) is 10.7 Å². The van der Waals surface area contributed by atoms with Gasteiger partial charge in [0.1, 0.15) is 0 Å². The van der Waals surface area contributed by atoms with E-state index >= 15 is 0 Å². The lowest BCUT2D eigenvalue weighted by molar-refractivity contribution is -0.137. The van der Waals surface area contributed by atoms with Gasteiger partial charge < -0.3 is 0 Å². The lowest BCUT2D eigenvalue weighted by atomic mass is 10.4. The lowest BCUT2D eigenvalue weighted by Crippen LogP contribution is -2.32. The molecule has 0 aliphatic heterocycles. The van der Waals surface area contributed by atoms with Crippen LogP contribution in [-0.4, -0.2) is 19.3 Å². The molecule has 0 aromatic carbocycles. The normalized spacial score (nSPS) is 23.2. The zero-order valence-corrected chi connectivity index (χ0v) is 5.71. The summed E-state index contributed by atoms with van der Waals surface area (Å²) in [6, 6.07) is 0. The smallest absolute Gasteiger partial charge is 0.231 e. The molecule has 0 spiro atoms. The summed E-state index contributed by atoms with van der Waals surface area (Å²) in [7, 11) is -3.35. The first-order valence-corrected chi connectivity index (χ1v) is 3.79. The summed E-state index contributed by atoms with van der Waals surface area (Å²) >= 11 is 0. The van der Waals surface area contributed by atoms with Crippen molar-refractivity contribution in [3.63, 3.8) is 0 Å². The second-order valence-electron chi connectivity index (χ2n) is 2.29. The predicted octanol–water partition coefficient (Wildman–Crippen LogP) is 0.693. The zero-order valence-electron chi connectivity index (χ0n) is 4.81. The van der Waals surface area contributed by atoms with Gasteiger partial charge in [0, 0.05) is 0 Å². The SMILES string of the molecule is O=[SH](=O)C1(C(F)(F)F)CC1. The van der Waals surface area contributed by atoms with E-state index in [4.69, 9.17) is 0 Å². The molecule has 10 heavy (non-hydrogen) atoms. The highest BCUT2D eigenvalue weighted by Crippen LogP contribution is 2.51. The number of halogens is 3. The van der Waals surface area contributed by atoms with Crippen molar-refractivity contribution in [1.82, 2.24) is 0 Å². The molecular formula is C4H5F3O2S. The number of rotatable bonds is 1. The molecule has 0 radical (unpaired) electrons. The van der Waals surface area contributed by atoms with Crippen LogP contribution in [0, 0.1) is 0 Å². The first kappa shape index (κ1) is 7.84. The van der Waals surface area contributed by atoms with E-state index in [1.165, 1.54) is 0 Å². The van der Waals surface area contributed by atoms with Crippen molar-refractivity contribution in [3.8, 4) is 0 Å². The van der Waals surface area contributed by atoms with Crippen molar-refractivity contribution in [1.29, 1.82) is 0 Å². The van der Waals surface area contributed by atoms with Gasteiger partial charge in [-0.15, -0.1) is 0 Å². The summed E-state index contributed by atoms with van der Waals surface area (Å²) in [6.45, 7) is 0. The van der Waals surface area contributed by atoms with Gasteiger partial charge in [-0.2, -0.15) is 13.2 Å². The maximum Gasteiger partial charge on any atom is 0.407 e. The molecule has 0 bridgehead atoms. The van der Waals surface area contributed by atoms with Crippen LogP contribution in [0.3, 0.4) is 0 Å². The van der Waals surface area contributed by atoms with Crippen LogP contribution in [0.5, 0.6) is 0 Å². The minimum Gasteiger partial charge on any atom is -0.231 e. The van der Waals surface area contributed by atoms with E-state index in [0.717, 1.165) is 0 Å². The van der Waals surface area contributed by atoms with Crippen molar-refractivity contribution in [2.45, 2.75) is 23.8 Å². The highest BCUT2D eigenvalue weighted by molar-refractivity contribution is 7.74. The van der Waals surface area contributed by atoms with E-state index in [9.17, 15) is 21.6 Å². The van der Waals surface area contributed by atoms with Crippen LogP contribution in [0.15, 0.2) is 0 Å². The topological polar surface area (TPSA) is 34.1 Å². The van der Waals surface area contributed by atoms with Crippen LogP contribution >= 0.6 is 0 Å². The average molecular weight is 174 g/mol. The third-order valence-corrected chi connectivity index (χ3v) is 3.00. The zero-order chi connectivity index (χ0) is 7.99. The first-order chi connectivity index (χ1) is 4.40. The van der Waals surface area contributed by atoms with Gasteiger partial charge in [-0.3, -0.25) is 0 Å². The lowest BCUT2D eigenvalue weighted by Gasteiger charge is -2.10. The Morgan fingerprint density at radius 3 is 1.60 bits per heavy atom. The van der Waals surface area contributed by atoms with Gasteiger partial charge in [-0.25, -0.2) is 8.42 Å². The van der Waals surface area contributed by atoms with Crippen LogP contribution in [0.25, 0.3) is 0 Å². The quantitative estimate of drug-likeness (QED) is 0.593. The van der Waals surface area contributed by atoms with Crippen LogP contribution in [0.4, 0.5) is 13.2 Å². The Balaban J connectivity index is 2.90. The van der Waals surface area contributed by atoms with Crippen LogP contribution in [0.1, 0.15) is 12.8 Å². The third-order valence-electron chi connectivity index (χ3n) is 1.60. The molecule has 1 saturated carbocycles. The van der Waals surface area contributed by atoms with Gasteiger partial charge in [0.15, 0.2) is 15.5 Å². The number of hydrogen-bond acceptors (Lipinski definition) is 2. The van der Waals surface area contributed by atoms with E-state index in [1.54, 1.807) is 0 Å². The van der Waals surface area contributed by atoms with Crippen molar-refractivity contribution >= 4 is 10.7 Å². The molecule has 0 atom stereocenters. The fourth-order valence-corrected chi connectivity index (χ4v) is 1.37. The molecule has 0 N–H and O–H groups in total. The van der Waals surface area contributed by atoms with Crippen molar-refractivity contribution in [3.05, 3.63) is 0 Å². The summed E-state index contributed by atoms with van der Waals surface area (Å²) in [5, 5.41) is 0. The van der Waals surface area contributed by atoms with Crippen molar-refractivity contribution < 1.29 is 21.6 Å². The maximum absolute atomic E-state index is 11.8. The van der Waals surface area contributed by atoms with Gasteiger partial charge in [-0.05, 0) is 12.8 Å². The molecule has 1 aliphatic rings. The molecule has 1 fully saturated rings. The molecule has 60 valence electrons. The minimum atomic E-state index is -4.57. The molecule has 6 heteroatoms. The number of alkyl halides is 3. The van der Waals surface area contributed by atoms with Crippen LogP contribution < -0.4 is 0 Å². The second kappa shape index (κ2) is 1.87. The van der Waals surface area contributed by atoms with Gasteiger partial charge >= 0.3 is 6.18 Å². The molecular weight excluding hydrogens is 169 g/mol. The van der Waals surface area contributed by atoms with E-state index in [1.807, 2.05) is 0 Å². The number of thiol groups is 1. The van der Waals surface area contributed by atoms with Crippen molar-refractivity contribution in [2.24, 2.45) is 0 Å². The Hall–Kier alpha value is -0.260. The highest BCUT2D eigenvalue weighted by atomic mass is 32.2. The second-order valence-corrected chi connectivity index (χ2v) is 3.66. The molecule has 0 aromatic heterocycles. The Labute approximate surface area is 57.0 Å². The molecule has 1 rings (SSSR count). The van der Waals surface area contributed by atoms with Gasteiger partial charge in [0.2, 0.25) is 0 Å². The molecule has 2 nitrogen and oxygen atoms in total. The fraction of sp³-hybridized carbons (Fsp3) is 1.00.